The summed E-state index contributed by atoms with van der Waals surface area (Å²) in [6.07, 6.45) is 0.582. The topological polar surface area (TPSA) is 64.9 Å². The fourth-order valence-corrected chi connectivity index (χ4v) is 4.53. The number of benzene rings is 3. The molecule has 2 aliphatic rings. The third-order valence-corrected chi connectivity index (χ3v) is 6.08. The maximum atomic E-state index is 13.4. The molecule has 0 spiro atoms. The zero-order chi connectivity index (χ0) is 21.3. The van der Waals surface area contributed by atoms with Crippen LogP contribution in [0.2, 0.25) is 0 Å². The zero-order valence-electron chi connectivity index (χ0n) is 17.2. The van der Waals surface area contributed by atoms with E-state index in [9.17, 15) is 9.90 Å². The van der Waals surface area contributed by atoms with Crippen molar-refractivity contribution in [2.24, 2.45) is 4.99 Å². The van der Waals surface area contributed by atoms with Gasteiger partial charge in [0.05, 0.1) is 6.10 Å². The highest BCUT2D eigenvalue weighted by molar-refractivity contribution is 6.16. The van der Waals surface area contributed by atoms with Crippen LogP contribution in [0.15, 0.2) is 89.9 Å². The van der Waals surface area contributed by atoms with Crippen LogP contribution in [0, 0.1) is 0 Å². The van der Waals surface area contributed by atoms with Gasteiger partial charge in [-0.2, -0.15) is 0 Å². The largest absolute Gasteiger partial charge is 0.392 e. The summed E-state index contributed by atoms with van der Waals surface area (Å²) < 4.78 is 0. The molecule has 5 heteroatoms. The Morgan fingerprint density at radius 3 is 2.26 bits per heavy atom. The van der Waals surface area contributed by atoms with Crippen molar-refractivity contribution in [1.29, 1.82) is 0 Å². The van der Waals surface area contributed by atoms with E-state index in [0.717, 1.165) is 41.8 Å². The standard InChI is InChI=1S/C26H25N3O2/c30-23-14-15-29(18-23)17-19-8-7-9-20(16-19)24-27-25(31)26(28-24,21-10-3-1-4-11-21)22-12-5-2-6-13-22/h1-13,16,23,30H,14-15,17-18H2,(H,27,28,31). The summed E-state index contributed by atoms with van der Waals surface area (Å²) >= 11 is 0. The van der Waals surface area contributed by atoms with E-state index in [4.69, 9.17) is 4.99 Å². The van der Waals surface area contributed by atoms with Gasteiger partial charge < -0.3 is 10.4 Å². The Bertz CT molecular complexity index is 1070. The Balaban J connectivity index is 1.53. The highest BCUT2D eigenvalue weighted by Gasteiger charge is 2.47. The van der Waals surface area contributed by atoms with Crippen molar-refractivity contribution < 1.29 is 9.90 Å². The molecule has 3 aromatic carbocycles. The molecule has 0 bridgehead atoms. The number of β-amino-alcohol motifs (C(OH)–C–C–N with tert-alkyl or cyclic N) is 1. The lowest BCUT2D eigenvalue weighted by Crippen LogP contribution is -2.38. The van der Waals surface area contributed by atoms with E-state index < -0.39 is 5.54 Å². The molecule has 156 valence electrons. The van der Waals surface area contributed by atoms with Gasteiger partial charge in [0.25, 0.3) is 5.91 Å². The van der Waals surface area contributed by atoms with Crippen LogP contribution in [0.1, 0.15) is 28.7 Å². The first-order valence-corrected chi connectivity index (χ1v) is 10.7. The number of nitrogens with zero attached hydrogens (tertiary/aromatic N) is 2. The van der Waals surface area contributed by atoms with Crippen LogP contribution in [0.3, 0.4) is 0 Å². The van der Waals surface area contributed by atoms with Crippen LogP contribution >= 0.6 is 0 Å². The molecular weight excluding hydrogens is 386 g/mol. The maximum Gasteiger partial charge on any atom is 0.262 e. The molecule has 2 heterocycles. The lowest BCUT2D eigenvalue weighted by molar-refractivity contribution is -0.122. The predicted octanol–water partition coefficient (Wildman–Crippen LogP) is 3.07. The molecule has 1 fully saturated rings. The second-order valence-electron chi connectivity index (χ2n) is 8.23. The number of hydrogen-bond acceptors (Lipinski definition) is 4. The van der Waals surface area contributed by atoms with Gasteiger partial charge in [0, 0.05) is 25.2 Å². The second-order valence-corrected chi connectivity index (χ2v) is 8.23. The van der Waals surface area contributed by atoms with E-state index in [0.29, 0.717) is 12.4 Å². The summed E-state index contributed by atoms with van der Waals surface area (Å²) in [6, 6.07) is 27.6. The number of amides is 1. The summed E-state index contributed by atoms with van der Waals surface area (Å²) in [5.41, 5.74) is 2.61. The molecule has 2 N–H and O–H groups in total. The first kappa shape index (κ1) is 19.7. The van der Waals surface area contributed by atoms with Gasteiger partial charge in [0.1, 0.15) is 5.84 Å². The van der Waals surface area contributed by atoms with Gasteiger partial charge in [-0.1, -0.05) is 78.9 Å². The third kappa shape index (κ3) is 3.67. The molecule has 31 heavy (non-hydrogen) atoms. The number of likely N-dealkylation sites (tertiary alicyclic amines) is 1. The quantitative estimate of drug-likeness (QED) is 0.678. The smallest absolute Gasteiger partial charge is 0.262 e. The number of carbonyl (C=O) groups excluding carboxylic acids is 1. The SMILES string of the molecule is O=C1NC(c2cccc(CN3CCC(O)C3)c2)=NC1(c1ccccc1)c1ccccc1. The van der Waals surface area contributed by atoms with Crippen LogP contribution in [0.4, 0.5) is 0 Å². The fourth-order valence-electron chi connectivity index (χ4n) is 4.53. The number of hydrogen-bond donors (Lipinski definition) is 2. The van der Waals surface area contributed by atoms with E-state index in [2.05, 4.69) is 22.3 Å². The zero-order valence-corrected chi connectivity index (χ0v) is 17.2. The molecule has 2 aliphatic heterocycles. The Morgan fingerprint density at radius 1 is 0.968 bits per heavy atom. The van der Waals surface area contributed by atoms with Crippen molar-refractivity contribution in [3.05, 3.63) is 107 Å². The molecule has 1 amide bonds. The minimum absolute atomic E-state index is 0.145. The van der Waals surface area contributed by atoms with Crippen molar-refractivity contribution in [1.82, 2.24) is 10.2 Å². The number of nitrogens with one attached hydrogen (secondary N) is 1. The second kappa shape index (κ2) is 8.10. The Morgan fingerprint density at radius 2 is 1.65 bits per heavy atom. The van der Waals surface area contributed by atoms with Gasteiger partial charge >= 0.3 is 0 Å². The molecule has 0 saturated carbocycles. The van der Waals surface area contributed by atoms with Crippen LogP contribution < -0.4 is 5.32 Å². The van der Waals surface area contributed by atoms with E-state index in [1.54, 1.807) is 0 Å². The molecule has 1 atom stereocenters. The van der Waals surface area contributed by atoms with Crippen molar-refractivity contribution in [3.8, 4) is 0 Å². The van der Waals surface area contributed by atoms with Crippen molar-refractivity contribution >= 4 is 11.7 Å². The number of aliphatic hydroxyl groups is 1. The molecule has 3 aromatic rings. The molecule has 0 aliphatic carbocycles. The number of aliphatic hydroxyl groups excluding tert-OH is 1. The van der Waals surface area contributed by atoms with Gasteiger partial charge in [-0.15, -0.1) is 0 Å². The van der Waals surface area contributed by atoms with Crippen LogP contribution in [-0.2, 0) is 16.9 Å². The minimum atomic E-state index is -1.10. The Hall–Kier alpha value is -3.28. The summed E-state index contributed by atoms with van der Waals surface area (Å²) in [4.78, 5) is 20.7. The Labute approximate surface area is 182 Å². The number of rotatable bonds is 5. The first-order valence-electron chi connectivity index (χ1n) is 10.7. The monoisotopic (exact) mass is 411 g/mol. The summed E-state index contributed by atoms with van der Waals surface area (Å²) in [5, 5.41) is 12.8. The summed E-state index contributed by atoms with van der Waals surface area (Å²) in [6.45, 7) is 2.37. The van der Waals surface area contributed by atoms with Gasteiger partial charge in [-0.25, -0.2) is 4.99 Å². The van der Waals surface area contributed by atoms with E-state index in [1.165, 1.54) is 0 Å². The molecule has 5 nitrogen and oxygen atoms in total. The highest BCUT2D eigenvalue weighted by Crippen LogP contribution is 2.37. The average molecular weight is 412 g/mol. The van der Waals surface area contributed by atoms with Crippen molar-refractivity contribution in [2.45, 2.75) is 24.6 Å². The minimum Gasteiger partial charge on any atom is -0.392 e. The molecular formula is C26H25N3O2. The highest BCUT2D eigenvalue weighted by atomic mass is 16.3. The van der Waals surface area contributed by atoms with Crippen LogP contribution in [0.5, 0.6) is 0 Å². The average Bonchev–Trinajstić information content (AvgIpc) is 3.38. The normalized spacial score (nSPS) is 20.5. The fraction of sp³-hybridized carbons (Fsp3) is 0.231. The van der Waals surface area contributed by atoms with Crippen molar-refractivity contribution in [2.75, 3.05) is 13.1 Å². The van der Waals surface area contributed by atoms with Crippen molar-refractivity contribution in [3.63, 3.8) is 0 Å². The summed E-state index contributed by atoms with van der Waals surface area (Å²) in [5.74, 6) is 0.439. The lowest BCUT2D eigenvalue weighted by Gasteiger charge is -2.24. The lowest BCUT2D eigenvalue weighted by atomic mass is 9.83. The third-order valence-electron chi connectivity index (χ3n) is 6.08. The van der Waals surface area contributed by atoms with E-state index in [1.807, 2.05) is 72.8 Å². The van der Waals surface area contributed by atoms with Gasteiger partial charge in [-0.3, -0.25) is 9.69 Å². The van der Waals surface area contributed by atoms with Gasteiger partial charge in [0.2, 0.25) is 0 Å². The Kier molecular flexibility index (Phi) is 5.14. The molecule has 1 unspecified atom stereocenters. The molecule has 0 aromatic heterocycles. The molecule has 5 rings (SSSR count). The molecule has 1 saturated heterocycles. The summed E-state index contributed by atoms with van der Waals surface area (Å²) in [7, 11) is 0. The van der Waals surface area contributed by atoms with Crippen LogP contribution in [-0.4, -0.2) is 40.9 Å². The number of amidine groups is 1. The molecule has 0 radical (unpaired) electrons. The number of aliphatic imine (C=N–C) groups is 1. The number of carbonyl (C=O) groups is 1. The van der Waals surface area contributed by atoms with Crippen LogP contribution in [0.25, 0.3) is 0 Å². The van der Waals surface area contributed by atoms with E-state index in [-0.39, 0.29) is 12.0 Å². The van der Waals surface area contributed by atoms with E-state index >= 15 is 0 Å². The predicted molar refractivity (Wildman–Crippen MR) is 121 cm³/mol. The first-order chi connectivity index (χ1) is 15.1. The van der Waals surface area contributed by atoms with Gasteiger partial charge in [0.15, 0.2) is 5.54 Å². The maximum absolute atomic E-state index is 13.4. The van der Waals surface area contributed by atoms with Gasteiger partial charge in [-0.05, 0) is 29.2 Å².